The molecule has 1 aromatic heterocycles. The lowest BCUT2D eigenvalue weighted by atomic mass is 9.93. The molecule has 1 rings (SSSR count). The van der Waals surface area contributed by atoms with Crippen LogP contribution in [0.3, 0.4) is 0 Å². The molecule has 0 atom stereocenters. The van der Waals surface area contributed by atoms with Crippen LogP contribution in [-0.4, -0.2) is 30.0 Å². The zero-order valence-electron chi connectivity index (χ0n) is 11.7. The quantitative estimate of drug-likeness (QED) is 0.456. The molecule has 19 heavy (non-hydrogen) atoms. The van der Waals surface area contributed by atoms with Crippen LogP contribution < -0.4 is 10.5 Å². The van der Waals surface area contributed by atoms with E-state index in [-0.39, 0.29) is 10.7 Å². The van der Waals surface area contributed by atoms with Crippen LogP contribution in [0.15, 0.2) is 4.90 Å². The SMILES string of the molecule is CCC(CC)(NS(=O)(=O)c1c(C)n[nH]c1C)C(=N)N. The summed E-state index contributed by atoms with van der Waals surface area (Å²) in [5.41, 5.74) is 5.38. The van der Waals surface area contributed by atoms with Crippen molar-refractivity contribution in [2.75, 3.05) is 0 Å². The van der Waals surface area contributed by atoms with Crippen molar-refractivity contribution in [2.24, 2.45) is 5.73 Å². The van der Waals surface area contributed by atoms with Crippen molar-refractivity contribution in [3.8, 4) is 0 Å². The van der Waals surface area contributed by atoms with E-state index < -0.39 is 15.6 Å². The van der Waals surface area contributed by atoms with Crippen molar-refractivity contribution in [3.63, 3.8) is 0 Å². The monoisotopic (exact) mass is 287 g/mol. The summed E-state index contributed by atoms with van der Waals surface area (Å²) in [6, 6.07) is 0. The van der Waals surface area contributed by atoms with Crippen LogP contribution in [0, 0.1) is 19.3 Å². The second-order valence-corrected chi connectivity index (χ2v) is 6.19. The Morgan fingerprint density at radius 3 is 2.26 bits per heavy atom. The van der Waals surface area contributed by atoms with Crippen LogP contribution >= 0.6 is 0 Å². The fourth-order valence-electron chi connectivity index (χ4n) is 2.08. The maximum absolute atomic E-state index is 12.4. The largest absolute Gasteiger partial charge is 0.386 e. The van der Waals surface area contributed by atoms with Gasteiger partial charge in [-0.3, -0.25) is 10.5 Å². The maximum atomic E-state index is 12.4. The number of nitrogens with two attached hydrogens (primary N) is 1. The summed E-state index contributed by atoms with van der Waals surface area (Å²) in [7, 11) is -3.77. The molecule has 0 aliphatic rings. The lowest BCUT2D eigenvalue weighted by Crippen LogP contribution is -2.56. The van der Waals surface area contributed by atoms with Gasteiger partial charge in [0, 0.05) is 0 Å². The highest BCUT2D eigenvalue weighted by Crippen LogP contribution is 2.22. The zero-order chi connectivity index (χ0) is 14.8. The Bertz CT molecular complexity index is 552. The number of H-pyrrole nitrogens is 1. The van der Waals surface area contributed by atoms with E-state index in [0.717, 1.165) is 0 Å². The summed E-state index contributed by atoms with van der Waals surface area (Å²) < 4.78 is 27.5. The van der Waals surface area contributed by atoms with Gasteiger partial charge in [-0.25, -0.2) is 8.42 Å². The first-order valence-corrected chi connectivity index (χ1v) is 7.58. The number of aromatic nitrogens is 2. The summed E-state index contributed by atoms with van der Waals surface area (Å²) in [4.78, 5) is 0.125. The summed E-state index contributed by atoms with van der Waals surface area (Å²) in [5, 5.41) is 14.2. The molecule has 1 aromatic rings. The minimum atomic E-state index is -3.77. The van der Waals surface area contributed by atoms with Gasteiger partial charge in [0.2, 0.25) is 10.0 Å². The van der Waals surface area contributed by atoms with E-state index in [1.165, 1.54) is 0 Å². The molecule has 1 heterocycles. The minimum Gasteiger partial charge on any atom is -0.386 e. The van der Waals surface area contributed by atoms with Crippen molar-refractivity contribution in [2.45, 2.75) is 51.0 Å². The highest BCUT2D eigenvalue weighted by molar-refractivity contribution is 7.89. The fraction of sp³-hybridized carbons (Fsp3) is 0.636. The molecule has 0 spiro atoms. The minimum absolute atomic E-state index is 0.125. The number of aromatic amines is 1. The van der Waals surface area contributed by atoms with E-state index in [1.54, 1.807) is 27.7 Å². The van der Waals surface area contributed by atoms with Crippen LogP contribution in [-0.2, 0) is 10.0 Å². The van der Waals surface area contributed by atoms with Crippen molar-refractivity contribution < 1.29 is 8.42 Å². The Balaban J connectivity index is 3.27. The summed E-state index contributed by atoms with van der Waals surface area (Å²) >= 11 is 0. The Hall–Kier alpha value is -1.41. The Morgan fingerprint density at radius 1 is 1.42 bits per heavy atom. The number of sulfonamides is 1. The van der Waals surface area contributed by atoms with Gasteiger partial charge in [-0.2, -0.15) is 9.82 Å². The summed E-state index contributed by atoms with van der Waals surface area (Å²) in [6.07, 6.45) is 0.821. The number of amidine groups is 1. The van der Waals surface area contributed by atoms with Crippen molar-refractivity contribution in [1.29, 1.82) is 5.41 Å². The van der Waals surface area contributed by atoms with Crippen LogP contribution in [0.2, 0.25) is 0 Å². The average Bonchev–Trinajstić information content (AvgIpc) is 2.66. The van der Waals surface area contributed by atoms with Crippen LogP contribution in [0.4, 0.5) is 0 Å². The molecule has 0 saturated carbocycles. The molecule has 0 fully saturated rings. The predicted molar refractivity (Wildman–Crippen MR) is 73.6 cm³/mol. The van der Waals surface area contributed by atoms with Gasteiger partial charge in [-0.15, -0.1) is 0 Å². The molecule has 0 saturated heterocycles. The fourth-order valence-corrected chi connectivity index (χ4v) is 3.97. The Labute approximate surface area is 113 Å². The zero-order valence-corrected chi connectivity index (χ0v) is 12.5. The number of hydrogen-bond donors (Lipinski definition) is 4. The molecule has 0 aromatic carbocycles. The molecule has 5 N–H and O–H groups in total. The van der Waals surface area contributed by atoms with Gasteiger partial charge in [0.1, 0.15) is 10.7 Å². The summed E-state index contributed by atoms with van der Waals surface area (Å²) in [6.45, 7) is 6.85. The van der Waals surface area contributed by atoms with Gasteiger partial charge in [0.15, 0.2) is 0 Å². The highest BCUT2D eigenvalue weighted by Gasteiger charge is 2.36. The lowest BCUT2D eigenvalue weighted by molar-refractivity contribution is 0.458. The third kappa shape index (κ3) is 2.79. The van der Waals surface area contributed by atoms with Crippen LogP contribution in [0.25, 0.3) is 0 Å². The molecule has 0 aliphatic heterocycles. The Morgan fingerprint density at radius 2 is 1.95 bits per heavy atom. The first kappa shape index (κ1) is 15.6. The normalized spacial score (nSPS) is 12.6. The smallest absolute Gasteiger partial charge is 0.245 e. The van der Waals surface area contributed by atoms with Gasteiger partial charge < -0.3 is 5.73 Å². The second-order valence-electron chi connectivity index (χ2n) is 4.57. The molecule has 108 valence electrons. The van der Waals surface area contributed by atoms with Gasteiger partial charge in [-0.1, -0.05) is 13.8 Å². The molecular weight excluding hydrogens is 266 g/mol. The summed E-state index contributed by atoms with van der Waals surface area (Å²) in [5.74, 6) is -0.181. The predicted octanol–water partition coefficient (Wildman–Crippen LogP) is 0.800. The average molecular weight is 287 g/mol. The first-order chi connectivity index (χ1) is 8.70. The molecule has 0 aliphatic carbocycles. The third-order valence-electron chi connectivity index (χ3n) is 3.38. The molecule has 0 radical (unpaired) electrons. The third-order valence-corrected chi connectivity index (χ3v) is 5.18. The number of rotatable bonds is 6. The van der Waals surface area contributed by atoms with Crippen molar-refractivity contribution in [1.82, 2.24) is 14.9 Å². The topological polar surface area (TPSA) is 125 Å². The van der Waals surface area contributed by atoms with Gasteiger partial charge in [-0.05, 0) is 26.7 Å². The van der Waals surface area contributed by atoms with Gasteiger partial charge in [0.05, 0.1) is 16.9 Å². The molecular formula is C11H21N5O2S. The van der Waals surface area contributed by atoms with Gasteiger partial charge in [0.25, 0.3) is 0 Å². The molecule has 0 unspecified atom stereocenters. The second kappa shape index (κ2) is 5.30. The molecule has 7 nitrogen and oxygen atoms in total. The van der Waals surface area contributed by atoms with Crippen molar-refractivity contribution in [3.05, 3.63) is 11.4 Å². The number of hydrogen-bond acceptors (Lipinski definition) is 4. The van der Waals surface area contributed by atoms with Crippen molar-refractivity contribution >= 4 is 15.9 Å². The number of nitrogens with one attached hydrogen (secondary N) is 3. The lowest BCUT2D eigenvalue weighted by Gasteiger charge is -2.31. The first-order valence-electron chi connectivity index (χ1n) is 6.10. The van der Waals surface area contributed by atoms with Gasteiger partial charge >= 0.3 is 0 Å². The van der Waals surface area contributed by atoms with Crippen LogP contribution in [0.1, 0.15) is 38.1 Å². The van der Waals surface area contributed by atoms with Crippen LogP contribution in [0.5, 0.6) is 0 Å². The van der Waals surface area contributed by atoms with E-state index in [9.17, 15) is 8.42 Å². The standard InChI is InChI=1S/C11H21N5O2S/c1-5-11(6-2,10(12)13)16-19(17,18)9-7(3)14-15-8(9)4/h16H,5-6H2,1-4H3,(H3,12,13)(H,14,15). The number of aryl methyl sites for hydroxylation is 2. The Kier molecular flexibility index (Phi) is 4.36. The van der Waals surface area contributed by atoms with E-state index >= 15 is 0 Å². The van der Waals surface area contributed by atoms with E-state index in [2.05, 4.69) is 14.9 Å². The molecule has 0 bridgehead atoms. The van der Waals surface area contributed by atoms with E-state index in [0.29, 0.717) is 24.2 Å². The maximum Gasteiger partial charge on any atom is 0.245 e. The van der Waals surface area contributed by atoms with E-state index in [1.807, 2.05) is 0 Å². The molecule has 0 amide bonds. The number of nitrogens with zero attached hydrogens (tertiary/aromatic N) is 1. The molecule has 8 heteroatoms. The highest BCUT2D eigenvalue weighted by atomic mass is 32.2. The van der Waals surface area contributed by atoms with E-state index in [4.69, 9.17) is 11.1 Å².